The summed E-state index contributed by atoms with van der Waals surface area (Å²) in [5.74, 6) is -0.170. The Balaban J connectivity index is 0.00000361. The van der Waals surface area contributed by atoms with Crippen molar-refractivity contribution in [3.05, 3.63) is 70.4 Å². The van der Waals surface area contributed by atoms with Crippen molar-refractivity contribution in [3.8, 4) is 10.6 Å². The maximum absolute atomic E-state index is 11.5. The molecule has 7 nitrogen and oxygen atoms in total. The molecule has 4 aromatic rings. The molecule has 1 aromatic carbocycles. The van der Waals surface area contributed by atoms with Crippen LogP contribution in [0, 0.1) is 0 Å². The van der Waals surface area contributed by atoms with Crippen molar-refractivity contribution in [2.75, 3.05) is 11.4 Å². The minimum absolute atomic E-state index is 0. The molecule has 0 unspecified atom stereocenters. The summed E-state index contributed by atoms with van der Waals surface area (Å²) in [6.07, 6.45) is 7.18. The van der Waals surface area contributed by atoms with E-state index in [0.29, 0.717) is 25.5 Å². The molecule has 0 spiro atoms. The molecule has 0 fully saturated rings. The van der Waals surface area contributed by atoms with Crippen LogP contribution in [-0.4, -0.2) is 42.3 Å². The third kappa shape index (κ3) is 7.25. The second-order valence-electron chi connectivity index (χ2n) is 8.48. The quantitative estimate of drug-likeness (QED) is 0.215. The van der Waals surface area contributed by atoms with Crippen LogP contribution in [0.5, 0.6) is 0 Å². The van der Waals surface area contributed by atoms with Gasteiger partial charge >= 0.3 is 5.97 Å². The van der Waals surface area contributed by atoms with Gasteiger partial charge in [-0.3, -0.25) is 4.79 Å². The van der Waals surface area contributed by atoms with Gasteiger partial charge < -0.3 is 10.0 Å². The minimum Gasteiger partial charge on any atom is -0.480 e. The predicted octanol–water partition coefficient (Wildman–Crippen LogP) is 6.25. The molecule has 0 saturated heterocycles. The normalized spacial score (nSPS) is 11.2. The van der Waals surface area contributed by atoms with E-state index in [4.69, 9.17) is 0 Å². The second kappa shape index (κ2) is 12.6. The van der Waals surface area contributed by atoms with E-state index in [-0.39, 0.29) is 12.4 Å². The van der Waals surface area contributed by atoms with Crippen molar-refractivity contribution in [1.29, 1.82) is 0 Å². The number of benzene rings is 1. The minimum atomic E-state index is -0.918. The van der Waals surface area contributed by atoms with Gasteiger partial charge in [-0.1, -0.05) is 36.9 Å². The molecule has 4 rings (SSSR count). The number of aromatic nitrogens is 4. The topological polar surface area (TPSA) is 92.1 Å². The van der Waals surface area contributed by atoms with Gasteiger partial charge in [-0.05, 0) is 37.5 Å². The molecular weight excluding hydrogens is 534 g/mol. The van der Waals surface area contributed by atoms with Gasteiger partial charge in [-0.15, -0.1) is 35.1 Å². The monoisotopic (exact) mass is 561 g/mol. The first-order valence-electron chi connectivity index (χ1n) is 11.3. The number of carboxylic acids is 1. The Labute approximate surface area is 229 Å². The van der Waals surface area contributed by atoms with Crippen LogP contribution >= 0.6 is 46.8 Å². The second-order valence-corrected chi connectivity index (χ2v) is 12.1. The summed E-state index contributed by atoms with van der Waals surface area (Å²) in [7, 11) is 0. The Morgan fingerprint density at radius 2 is 1.92 bits per heavy atom. The van der Waals surface area contributed by atoms with Gasteiger partial charge in [0.2, 0.25) is 5.95 Å². The van der Waals surface area contributed by atoms with E-state index in [1.807, 2.05) is 29.4 Å². The zero-order chi connectivity index (χ0) is 24.8. The Hall–Kier alpha value is -2.53. The molecule has 0 atom stereocenters. The Kier molecular flexibility index (Phi) is 9.84. The van der Waals surface area contributed by atoms with E-state index in [0.717, 1.165) is 38.2 Å². The first-order valence-corrected chi connectivity index (χ1v) is 13.8. The number of carboxylic acid groups (broad SMARTS) is 1. The molecule has 11 heteroatoms. The van der Waals surface area contributed by atoms with Crippen LogP contribution in [0.2, 0.25) is 0 Å². The number of nitrogens with zero attached hydrogens (tertiary/aromatic N) is 5. The Morgan fingerprint density at radius 1 is 1.14 bits per heavy atom. The average molecular weight is 562 g/mol. The molecular formula is C25H28ClN5O2S3. The summed E-state index contributed by atoms with van der Waals surface area (Å²) in [5, 5.41) is 14.4. The summed E-state index contributed by atoms with van der Waals surface area (Å²) < 4.78 is -0.156. The number of aliphatic carboxylic acids is 1. The molecule has 3 heterocycles. The van der Waals surface area contributed by atoms with Gasteiger partial charge in [0, 0.05) is 54.4 Å². The number of halogens is 1. The number of rotatable bonds is 11. The molecule has 0 amide bonds. The molecule has 1 N–H and O–H groups in total. The number of thiazole rings is 2. The highest BCUT2D eigenvalue weighted by Crippen LogP contribution is 2.34. The summed E-state index contributed by atoms with van der Waals surface area (Å²) >= 11 is 4.38. The van der Waals surface area contributed by atoms with Gasteiger partial charge in [-0.2, -0.15) is 0 Å². The van der Waals surface area contributed by atoms with Crippen LogP contribution in [0.25, 0.3) is 10.6 Å². The zero-order valence-electron chi connectivity index (χ0n) is 20.2. The average Bonchev–Trinajstić information content (AvgIpc) is 3.54. The molecule has 0 aliphatic rings. The van der Waals surface area contributed by atoms with E-state index in [1.54, 1.807) is 25.2 Å². The molecule has 0 aliphatic carbocycles. The first-order chi connectivity index (χ1) is 16.8. The van der Waals surface area contributed by atoms with Crippen LogP contribution in [0.4, 0.5) is 5.95 Å². The summed E-state index contributed by atoms with van der Waals surface area (Å²) in [4.78, 5) is 32.0. The molecule has 0 radical (unpaired) electrons. The third-order valence-corrected chi connectivity index (χ3v) is 8.38. The molecule has 36 heavy (non-hydrogen) atoms. The van der Waals surface area contributed by atoms with E-state index in [9.17, 15) is 9.90 Å². The van der Waals surface area contributed by atoms with Crippen molar-refractivity contribution in [1.82, 2.24) is 19.9 Å². The van der Waals surface area contributed by atoms with Crippen molar-refractivity contribution < 1.29 is 9.90 Å². The van der Waals surface area contributed by atoms with Gasteiger partial charge in [-0.25, -0.2) is 19.9 Å². The van der Waals surface area contributed by atoms with Gasteiger partial charge in [0.25, 0.3) is 0 Å². The smallest absolute Gasteiger partial charge is 0.319 e. The lowest BCUT2D eigenvalue weighted by atomic mass is 10.1. The van der Waals surface area contributed by atoms with Crippen molar-refractivity contribution >= 4 is 58.8 Å². The van der Waals surface area contributed by atoms with Gasteiger partial charge in [0.1, 0.15) is 9.75 Å². The van der Waals surface area contributed by atoms with E-state index >= 15 is 0 Å². The van der Waals surface area contributed by atoms with Crippen LogP contribution in [0.3, 0.4) is 0 Å². The molecule has 0 saturated carbocycles. The summed E-state index contributed by atoms with van der Waals surface area (Å²) in [6.45, 7) is 6.81. The SMILES string of the molecule is CCc1cnc(N(CCc2csc(SC(C)(C)C(=O)O)n2)Cc2cccc(-c3nccs3)c2)nc1.Cl. The number of carbonyl (C=O) groups is 1. The van der Waals surface area contributed by atoms with Crippen LogP contribution < -0.4 is 4.90 Å². The number of thioether (sulfide) groups is 1. The largest absolute Gasteiger partial charge is 0.480 e. The van der Waals surface area contributed by atoms with E-state index < -0.39 is 10.7 Å². The maximum Gasteiger partial charge on any atom is 0.319 e. The third-order valence-electron chi connectivity index (χ3n) is 5.39. The van der Waals surface area contributed by atoms with Crippen LogP contribution in [-0.2, 0) is 24.2 Å². The fourth-order valence-electron chi connectivity index (χ4n) is 3.29. The number of anilines is 1. The molecule has 3 aromatic heterocycles. The summed E-state index contributed by atoms with van der Waals surface area (Å²) in [6, 6.07) is 8.40. The highest BCUT2D eigenvalue weighted by atomic mass is 35.5. The van der Waals surface area contributed by atoms with E-state index in [2.05, 4.69) is 56.0 Å². The number of hydrogen-bond acceptors (Lipinski definition) is 9. The molecule has 0 aliphatic heterocycles. The van der Waals surface area contributed by atoms with Crippen LogP contribution in [0.15, 0.2) is 58.0 Å². The standard InChI is InChI=1S/C25H27N5O2S3.ClH/c1-4-17-13-27-23(28-14-17)30(15-18-6-5-7-19(12-18)21-26-9-11-33-21)10-8-20-16-34-24(29-20)35-25(2,3)22(31)32;/h5-7,9,11-14,16H,4,8,10,15H2,1-3H3,(H,31,32);1H. The highest BCUT2D eigenvalue weighted by molar-refractivity contribution is 8.03. The summed E-state index contributed by atoms with van der Waals surface area (Å²) in [5.41, 5.74) is 4.28. The molecule has 190 valence electrons. The Morgan fingerprint density at radius 3 is 2.58 bits per heavy atom. The fraction of sp³-hybridized carbons (Fsp3) is 0.320. The fourth-order valence-corrected chi connectivity index (χ4v) is 6.16. The zero-order valence-corrected chi connectivity index (χ0v) is 23.5. The number of hydrogen-bond donors (Lipinski definition) is 1. The highest BCUT2D eigenvalue weighted by Gasteiger charge is 2.29. The van der Waals surface area contributed by atoms with Gasteiger partial charge in [0.15, 0.2) is 4.34 Å². The van der Waals surface area contributed by atoms with Crippen molar-refractivity contribution in [2.45, 2.75) is 49.2 Å². The molecule has 0 bridgehead atoms. The number of aryl methyl sites for hydroxylation is 1. The predicted molar refractivity (Wildman–Crippen MR) is 151 cm³/mol. The van der Waals surface area contributed by atoms with Crippen LogP contribution in [0.1, 0.15) is 37.6 Å². The lowest BCUT2D eigenvalue weighted by Gasteiger charge is -2.23. The van der Waals surface area contributed by atoms with E-state index in [1.165, 1.54) is 23.1 Å². The Bertz CT molecular complexity index is 1260. The lowest BCUT2D eigenvalue weighted by Crippen LogP contribution is -2.27. The first kappa shape index (κ1) is 28.0. The van der Waals surface area contributed by atoms with Crippen molar-refractivity contribution in [3.63, 3.8) is 0 Å². The lowest BCUT2D eigenvalue weighted by molar-refractivity contribution is -0.138. The van der Waals surface area contributed by atoms with Gasteiger partial charge in [0.05, 0.1) is 5.69 Å². The maximum atomic E-state index is 11.5. The van der Waals surface area contributed by atoms with Crippen molar-refractivity contribution in [2.24, 2.45) is 0 Å².